The van der Waals surface area contributed by atoms with Crippen LogP contribution in [-0.4, -0.2) is 6.04 Å². The molecular weight excluding hydrogens is 314 g/mol. The van der Waals surface area contributed by atoms with E-state index >= 15 is 0 Å². The second-order valence-electron chi connectivity index (χ2n) is 7.87. The highest BCUT2D eigenvalue weighted by Gasteiger charge is 2.01. The fourth-order valence-corrected chi connectivity index (χ4v) is 3.31. The Labute approximate surface area is 165 Å². The van der Waals surface area contributed by atoms with Crippen molar-refractivity contribution >= 4 is 0 Å². The molecule has 1 N–H and O–H groups in total. The highest BCUT2D eigenvalue weighted by molar-refractivity contribution is 4.99. The molecule has 0 aromatic carbocycles. The summed E-state index contributed by atoms with van der Waals surface area (Å²) in [6.07, 6.45) is 24.3. The van der Waals surface area contributed by atoms with Gasteiger partial charge in [-0.05, 0) is 51.9 Å². The van der Waals surface area contributed by atoms with Crippen molar-refractivity contribution in [1.82, 2.24) is 5.32 Å². The van der Waals surface area contributed by atoms with Crippen molar-refractivity contribution in [2.45, 2.75) is 123 Å². The first-order chi connectivity index (χ1) is 12.6. The molecule has 0 aliphatic rings. The molecule has 0 saturated heterocycles. The maximum atomic E-state index is 4.14. The average molecular weight is 362 g/mol. The van der Waals surface area contributed by atoms with Gasteiger partial charge in [-0.2, -0.15) is 0 Å². The van der Waals surface area contributed by atoms with Gasteiger partial charge in [-0.3, -0.25) is 0 Å². The van der Waals surface area contributed by atoms with Gasteiger partial charge in [0.15, 0.2) is 0 Å². The Morgan fingerprint density at radius 3 is 2.04 bits per heavy atom. The topological polar surface area (TPSA) is 12.0 Å². The summed E-state index contributed by atoms with van der Waals surface area (Å²) >= 11 is 0. The van der Waals surface area contributed by atoms with Gasteiger partial charge < -0.3 is 5.32 Å². The predicted molar refractivity (Wildman–Crippen MR) is 121 cm³/mol. The van der Waals surface area contributed by atoms with E-state index in [9.17, 15) is 0 Å². The molecule has 1 unspecified atom stereocenters. The lowest BCUT2D eigenvalue weighted by molar-refractivity contribution is 0.579. The molecule has 0 fully saturated rings. The molecule has 152 valence electrons. The van der Waals surface area contributed by atoms with Crippen molar-refractivity contribution in [3.8, 4) is 0 Å². The van der Waals surface area contributed by atoms with Crippen LogP contribution in [0.25, 0.3) is 0 Å². The van der Waals surface area contributed by atoms with E-state index < -0.39 is 0 Å². The van der Waals surface area contributed by atoms with Gasteiger partial charge in [0.05, 0.1) is 0 Å². The third-order valence-corrected chi connectivity index (χ3v) is 5.21. The first-order valence-electron chi connectivity index (χ1n) is 11.4. The molecule has 0 aliphatic carbocycles. The van der Waals surface area contributed by atoms with Gasteiger partial charge in [-0.1, -0.05) is 89.5 Å². The fraction of sp³-hybridized carbons (Fsp3) is 0.760. The molecule has 0 aliphatic heterocycles. The summed E-state index contributed by atoms with van der Waals surface area (Å²) < 4.78 is 0. The van der Waals surface area contributed by atoms with E-state index in [-0.39, 0.29) is 0 Å². The van der Waals surface area contributed by atoms with Crippen LogP contribution in [0.2, 0.25) is 0 Å². The van der Waals surface area contributed by atoms with Gasteiger partial charge in [-0.25, -0.2) is 0 Å². The normalized spacial score (nSPS) is 12.8. The lowest BCUT2D eigenvalue weighted by atomic mass is 10.0. The number of hydrogen-bond acceptors (Lipinski definition) is 1. The Kier molecular flexibility index (Phi) is 18.1. The van der Waals surface area contributed by atoms with Gasteiger partial charge in [-0.15, -0.1) is 6.58 Å². The second-order valence-corrected chi connectivity index (χ2v) is 7.87. The summed E-state index contributed by atoms with van der Waals surface area (Å²) in [4.78, 5) is 0. The first kappa shape index (κ1) is 25.0. The Morgan fingerprint density at radius 1 is 0.846 bits per heavy atom. The van der Waals surface area contributed by atoms with Crippen molar-refractivity contribution < 1.29 is 0 Å². The largest absolute Gasteiger partial charge is 0.383 e. The van der Waals surface area contributed by atoms with Crippen LogP contribution in [-0.2, 0) is 0 Å². The summed E-state index contributed by atoms with van der Waals surface area (Å²) in [7, 11) is 0. The zero-order chi connectivity index (χ0) is 19.5. The van der Waals surface area contributed by atoms with Gasteiger partial charge in [0, 0.05) is 11.7 Å². The molecule has 0 rings (SSSR count). The van der Waals surface area contributed by atoms with Crippen LogP contribution < -0.4 is 5.32 Å². The van der Waals surface area contributed by atoms with Crippen LogP contribution in [0.4, 0.5) is 0 Å². The maximum absolute atomic E-state index is 4.14. The van der Waals surface area contributed by atoms with Crippen LogP contribution in [0.3, 0.4) is 0 Å². The molecule has 1 atom stereocenters. The highest BCUT2D eigenvalue weighted by Crippen LogP contribution is 2.14. The summed E-state index contributed by atoms with van der Waals surface area (Å²) in [6.45, 7) is 14.8. The molecule has 1 nitrogen and oxygen atoms in total. The van der Waals surface area contributed by atoms with E-state index in [4.69, 9.17) is 0 Å². The minimum atomic E-state index is 0.383. The minimum Gasteiger partial charge on any atom is -0.383 e. The first-order valence-corrected chi connectivity index (χ1v) is 11.4. The number of unbranched alkanes of at least 4 members (excludes halogenated alkanes) is 10. The molecule has 0 bridgehead atoms. The van der Waals surface area contributed by atoms with Crippen LogP contribution in [0, 0.1) is 0 Å². The molecule has 0 radical (unpaired) electrons. The van der Waals surface area contributed by atoms with Gasteiger partial charge >= 0.3 is 0 Å². The van der Waals surface area contributed by atoms with Gasteiger partial charge in [0.2, 0.25) is 0 Å². The monoisotopic (exact) mass is 361 g/mol. The molecular formula is C25H47N. The summed E-state index contributed by atoms with van der Waals surface area (Å²) in [5.41, 5.74) is 2.77. The Hall–Kier alpha value is -0.980. The van der Waals surface area contributed by atoms with Crippen molar-refractivity contribution in [2.24, 2.45) is 0 Å². The molecule has 0 amide bonds. The highest BCUT2D eigenvalue weighted by atomic mass is 14.9. The number of hydrogen-bond donors (Lipinski definition) is 1. The lowest BCUT2D eigenvalue weighted by Crippen LogP contribution is -2.24. The van der Waals surface area contributed by atoms with Crippen molar-refractivity contribution in [1.29, 1.82) is 0 Å². The van der Waals surface area contributed by atoms with E-state index in [1.807, 2.05) is 6.08 Å². The molecule has 0 saturated carbocycles. The number of nitrogens with one attached hydrogen (secondary N) is 1. The summed E-state index contributed by atoms with van der Waals surface area (Å²) in [5, 5.41) is 3.45. The van der Waals surface area contributed by atoms with Crippen molar-refractivity contribution in [3.05, 3.63) is 36.6 Å². The molecule has 0 heterocycles. The summed E-state index contributed by atoms with van der Waals surface area (Å²) in [6, 6.07) is 0.383. The fourth-order valence-electron chi connectivity index (χ4n) is 3.31. The van der Waals surface area contributed by atoms with Crippen LogP contribution in [0.15, 0.2) is 36.6 Å². The van der Waals surface area contributed by atoms with Crippen LogP contribution >= 0.6 is 0 Å². The van der Waals surface area contributed by atoms with E-state index in [2.05, 4.69) is 45.3 Å². The maximum Gasteiger partial charge on any atom is 0.0436 e. The number of allylic oxidation sites excluding steroid dienone is 3. The number of rotatable bonds is 19. The Morgan fingerprint density at radius 2 is 1.42 bits per heavy atom. The lowest BCUT2D eigenvalue weighted by Gasteiger charge is -2.16. The smallest absolute Gasteiger partial charge is 0.0436 e. The van der Waals surface area contributed by atoms with Crippen LogP contribution in [0.5, 0.6) is 0 Å². The molecule has 1 heteroatoms. The summed E-state index contributed by atoms with van der Waals surface area (Å²) in [5.74, 6) is 0. The minimum absolute atomic E-state index is 0.383. The van der Waals surface area contributed by atoms with Crippen molar-refractivity contribution in [2.75, 3.05) is 0 Å². The van der Waals surface area contributed by atoms with E-state index in [1.165, 1.54) is 89.2 Å². The average Bonchev–Trinajstić information content (AvgIpc) is 2.64. The molecule has 0 aromatic heterocycles. The van der Waals surface area contributed by atoms with Crippen LogP contribution in [0.1, 0.15) is 117 Å². The zero-order valence-corrected chi connectivity index (χ0v) is 18.3. The van der Waals surface area contributed by atoms with E-state index in [1.54, 1.807) is 5.57 Å². The third kappa shape index (κ3) is 16.5. The molecule has 26 heavy (non-hydrogen) atoms. The van der Waals surface area contributed by atoms with E-state index in [0.29, 0.717) is 6.04 Å². The molecule has 0 aromatic rings. The molecule has 0 spiro atoms. The SMILES string of the molecule is C=CC(CC)NC(=C)CCCCCCC/C(C)=C\CCCCCCCC. The standard InChI is InChI=1S/C25H47N/c1-6-9-10-11-12-14-17-20-23(4)21-18-15-13-16-19-22-24(5)26-25(7-2)8-3/h7,20,25-26H,2,5-6,8-19,21-22H2,1,3-4H3/b23-20-. The predicted octanol–water partition coefficient (Wildman–Crippen LogP) is 8.48. The zero-order valence-electron chi connectivity index (χ0n) is 18.3. The second kappa shape index (κ2) is 18.8. The quantitative estimate of drug-likeness (QED) is 0.180. The third-order valence-electron chi connectivity index (χ3n) is 5.21. The Balaban J connectivity index is 3.46. The van der Waals surface area contributed by atoms with Gasteiger partial charge in [0.1, 0.15) is 0 Å². The van der Waals surface area contributed by atoms with E-state index in [0.717, 1.165) is 12.8 Å². The van der Waals surface area contributed by atoms with Crippen molar-refractivity contribution in [3.63, 3.8) is 0 Å². The Bertz CT molecular complexity index is 366. The van der Waals surface area contributed by atoms with Gasteiger partial charge in [0.25, 0.3) is 0 Å².